The van der Waals surface area contributed by atoms with E-state index in [9.17, 15) is 13.2 Å². The monoisotopic (exact) mass is 615 g/mol. The van der Waals surface area contributed by atoms with Crippen LogP contribution >= 0.6 is 0 Å². The molecule has 0 saturated carbocycles. The molecule has 2 heterocycles. The number of methoxy groups -OCH3 is 1. The van der Waals surface area contributed by atoms with E-state index in [2.05, 4.69) is 36.7 Å². The van der Waals surface area contributed by atoms with Gasteiger partial charge in [-0.25, -0.2) is 17.9 Å². The topological polar surface area (TPSA) is 114 Å². The van der Waals surface area contributed by atoms with Crippen molar-refractivity contribution < 1.29 is 17.9 Å². The number of urea groups is 1. The van der Waals surface area contributed by atoms with Crippen molar-refractivity contribution in [1.82, 2.24) is 15.1 Å². The Bertz CT molecular complexity index is 1700. The van der Waals surface area contributed by atoms with E-state index in [1.807, 2.05) is 43.3 Å². The average Bonchev–Trinajstić information content (AvgIpc) is 3.43. The molecule has 0 radical (unpaired) electrons. The number of sulfone groups is 1. The zero-order chi connectivity index (χ0) is 31.5. The van der Waals surface area contributed by atoms with Crippen LogP contribution in [0.4, 0.5) is 16.3 Å². The molecule has 10 heteroatoms. The van der Waals surface area contributed by atoms with E-state index in [4.69, 9.17) is 9.84 Å². The van der Waals surface area contributed by atoms with Crippen molar-refractivity contribution in [3.63, 3.8) is 0 Å². The number of nitrogens with zero attached hydrogens (tertiary/aromatic N) is 2. The molecule has 1 saturated heterocycles. The van der Waals surface area contributed by atoms with Crippen LogP contribution in [0, 0.1) is 12.8 Å². The van der Waals surface area contributed by atoms with Crippen molar-refractivity contribution in [3.05, 3.63) is 95.7 Å². The summed E-state index contributed by atoms with van der Waals surface area (Å²) in [6, 6.07) is 23.0. The number of hydrogen-bond acceptors (Lipinski definition) is 6. The van der Waals surface area contributed by atoms with Crippen LogP contribution in [-0.2, 0) is 15.3 Å². The van der Waals surface area contributed by atoms with E-state index in [0.717, 1.165) is 30.0 Å². The standard InChI is InChI=1S/C34H41N5O4S/c1-23-10-12-25(13-11-23)39-31(22-30(38-39)34(2,3)4)37-33(40)36-29-9-7-6-8-28(29)32(24-18-20-35-21-19-24)44(41,42)27-16-14-26(43-5)15-17-27/h6-17,22,24,32,35H,18-21H2,1-5H3,(H2,36,37,40). The Morgan fingerprint density at radius 2 is 1.64 bits per heavy atom. The van der Waals surface area contributed by atoms with Crippen molar-refractivity contribution in [1.29, 1.82) is 0 Å². The van der Waals surface area contributed by atoms with Gasteiger partial charge in [-0.05, 0) is 86.8 Å². The van der Waals surface area contributed by atoms with Crippen LogP contribution in [-0.4, -0.2) is 44.4 Å². The number of aromatic nitrogens is 2. The quantitative estimate of drug-likeness (QED) is 0.205. The third-order valence-electron chi connectivity index (χ3n) is 8.05. The molecule has 1 unspecified atom stereocenters. The van der Waals surface area contributed by atoms with Gasteiger partial charge in [-0.1, -0.05) is 56.7 Å². The van der Waals surface area contributed by atoms with Crippen LogP contribution in [0.5, 0.6) is 5.75 Å². The van der Waals surface area contributed by atoms with E-state index >= 15 is 0 Å². The number of ether oxygens (including phenoxy) is 1. The number of carbonyl (C=O) groups excluding carboxylic acids is 1. The number of amides is 2. The molecule has 2 amide bonds. The highest BCUT2D eigenvalue weighted by Crippen LogP contribution is 2.42. The minimum absolute atomic E-state index is 0.133. The first-order chi connectivity index (χ1) is 21.0. The summed E-state index contributed by atoms with van der Waals surface area (Å²) in [7, 11) is -2.28. The molecular weight excluding hydrogens is 574 g/mol. The molecule has 1 aromatic heterocycles. The van der Waals surface area contributed by atoms with Gasteiger partial charge in [-0.15, -0.1) is 0 Å². The third kappa shape index (κ3) is 6.81. The summed E-state index contributed by atoms with van der Waals surface area (Å²) in [4.78, 5) is 13.8. The number of benzene rings is 3. The number of piperidine rings is 1. The van der Waals surface area contributed by atoms with Gasteiger partial charge in [0.05, 0.1) is 28.6 Å². The van der Waals surface area contributed by atoms with Crippen LogP contribution in [0.15, 0.2) is 83.8 Å². The van der Waals surface area contributed by atoms with Gasteiger partial charge in [0.2, 0.25) is 0 Å². The molecule has 4 aromatic rings. The Labute approximate surface area is 259 Å². The van der Waals surface area contributed by atoms with Crippen molar-refractivity contribution in [2.45, 2.75) is 56.1 Å². The molecule has 3 N–H and O–H groups in total. The first kappa shape index (κ1) is 31.3. The van der Waals surface area contributed by atoms with Crippen LogP contribution in [0.3, 0.4) is 0 Å². The lowest BCUT2D eigenvalue weighted by Gasteiger charge is -2.32. The van der Waals surface area contributed by atoms with Crippen molar-refractivity contribution >= 4 is 27.4 Å². The molecule has 0 aliphatic carbocycles. The van der Waals surface area contributed by atoms with Gasteiger partial charge in [0, 0.05) is 17.2 Å². The Balaban J connectivity index is 1.49. The average molecular weight is 616 g/mol. The molecule has 5 rings (SSSR count). The normalized spacial score (nSPS) is 15.0. The summed E-state index contributed by atoms with van der Waals surface area (Å²) in [5.74, 6) is 0.960. The molecule has 0 spiro atoms. The van der Waals surface area contributed by atoms with Crippen molar-refractivity contribution in [3.8, 4) is 11.4 Å². The predicted molar refractivity (Wildman–Crippen MR) is 175 cm³/mol. The number of rotatable bonds is 8. The summed E-state index contributed by atoms with van der Waals surface area (Å²) in [6.07, 6.45) is 1.40. The predicted octanol–water partition coefficient (Wildman–Crippen LogP) is 6.65. The van der Waals surface area contributed by atoms with Crippen LogP contribution in [0.1, 0.15) is 55.7 Å². The maximum atomic E-state index is 14.3. The molecule has 9 nitrogen and oxygen atoms in total. The van der Waals surface area contributed by atoms with Crippen molar-refractivity contribution in [2.24, 2.45) is 5.92 Å². The molecule has 232 valence electrons. The Morgan fingerprint density at radius 1 is 0.977 bits per heavy atom. The van der Waals surface area contributed by atoms with Gasteiger partial charge >= 0.3 is 6.03 Å². The second kappa shape index (κ2) is 12.8. The SMILES string of the molecule is COc1ccc(S(=O)(=O)C(c2ccccc2NC(=O)Nc2cc(C(C)(C)C)nn2-c2ccc(C)cc2)C2CCNCC2)cc1. The molecule has 0 bridgehead atoms. The molecule has 1 aliphatic heterocycles. The fourth-order valence-electron chi connectivity index (χ4n) is 5.58. The third-order valence-corrected chi connectivity index (χ3v) is 10.3. The minimum Gasteiger partial charge on any atom is -0.497 e. The van der Waals surface area contributed by atoms with Gasteiger partial charge in [0.15, 0.2) is 9.84 Å². The van der Waals surface area contributed by atoms with Gasteiger partial charge < -0.3 is 15.4 Å². The Morgan fingerprint density at radius 3 is 2.27 bits per heavy atom. The first-order valence-corrected chi connectivity index (χ1v) is 16.4. The number of aryl methyl sites for hydroxylation is 1. The van der Waals surface area contributed by atoms with E-state index in [-0.39, 0.29) is 16.2 Å². The number of carbonyl (C=O) groups is 1. The number of anilines is 2. The van der Waals surface area contributed by atoms with Gasteiger partial charge in [-0.3, -0.25) is 5.32 Å². The molecular formula is C34H41N5O4S. The zero-order valence-corrected chi connectivity index (χ0v) is 26.7. The van der Waals surface area contributed by atoms with Gasteiger partial charge in [0.1, 0.15) is 11.6 Å². The van der Waals surface area contributed by atoms with Crippen LogP contribution in [0.25, 0.3) is 5.69 Å². The Kier molecular flexibility index (Phi) is 9.12. The van der Waals surface area contributed by atoms with E-state index in [1.165, 1.54) is 0 Å². The number of para-hydroxylation sites is 1. The second-order valence-electron chi connectivity index (χ2n) is 12.3. The van der Waals surface area contributed by atoms with Gasteiger partial charge in [-0.2, -0.15) is 5.10 Å². The highest BCUT2D eigenvalue weighted by molar-refractivity contribution is 7.91. The molecule has 44 heavy (non-hydrogen) atoms. The fourth-order valence-corrected chi connectivity index (χ4v) is 7.71. The summed E-state index contributed by atoms with van der Waals surface area (Å²) in [5.41, 5.74) is 3.53. The highest BCUT2D eigenvalue weighted by atomic mass is 32.2. The summed E-state index contributed by atoms with van der Waals surface area (Å²) in [5, 5.41) is 13.2. The second-order valence-corrected chi connectivity index (χ2v) is 14.4. The van der Waals surface area contributed by atoms with Crippen molar-refractivity contribution in [2.75, 3.05) is 30.8 Å². The molecule has 1 aliphatic rings. The van der Waals surface area contributed by atoms with Gasteiger partial charge in [0.25, 0.3) is 0 Å². The first-order valence-electron chi connectivity index (χ1n) is 14.9. The van der Waals surface area contributed by atoms with E-state index in [1.54, 1.807) is 54.3 Å². The largest absolute Gasteiger partial charge is 0.497 e. The summed E-state index contributed by atoms with van der Waals surface area (Å²) >= 11 is 0. The van der Waals surface area contributed by atoms with E-state index < -0.39 is 21.1 Å². The zero-order valence-electron chi connectivity index (χ0n) is 25.9. The lowest BCUT2D eigenvalue weighted by molar-refractivity contribution is 0.262. The maximum Gasteiger partial charge on any atom is 0.324 e. The Hall–Kier alpha value is -4.15. The number of hydrogen-bond donors (Lipinski definition) is 3. The fraction of sp³-hybridized carbons (Fsp3) is 0.353. The molecule has 1 fully saturated rings. The maximum absolute atomic E-state index is 14.3. The minimum atomic E-state index is -3.82. The lowest BCUT2D eigenvalue weighted by atomic mass is 9.89. The highest BCUT2D eigenvalue weighted by Gasteiger charge is 2.38. The van der Waals surface area contributed by atoms with E-state index in [0.29, 0.717) is 35.7 Å². The van der Waals surface area contributed by atoms with Crippen LogP contribution in [0.2, 0.25) is 0 Å². The summed E-state index contributed by atoms with van der Waals surface area (Å²) < 4.78 is 35.5. The molecule has 3 aromatic carbocycles. The molecule has 1 atom stereocenters. The lowest BCUT2D eigenvalue weighted by Crippen LogP contribution is -2.34. The number of nitrogens with one attached hydrogen (secondary N) is 3. The summed E-state index contributed by atoms with van der Waals surface area (Å²) in [6.45, 7) is 9.68. The van der Waals surface area contributed by atoms with Crippen LogP contribution < -0.4 is 20.7 Å². The smallest absolute Gasteiger partial charge is 0.324 e.